The highest BCUT2D eigenvalue weighted by atomic mass is 32.1. The van der Waals surface area contributed by atoms with Crippen molar-refractivity contribution in [3.63, 3.8) is 0 Å². The van der Waals surface area contributed by atoms with Crippen LogP contribution in [0.2, 0.25) is 0 Å². The van der Waals surface area contributed by atoms with Gasteiger partial charge in [0, 0.05) is 11.4 Å². The number of Topliss-reactive ketones (excluding diaryl/α,β-unsaturated/α-hetero) is 1. The molecule has 1 amide bonds. The zero-order valence-electron chi connectivity index (χ0n) is 18.1. The lowest BCUT2D eigenvalue weighted by molar-refractivity contribution is -0.139. The van der Waals surface area contributed by atoms with E-state index in [0.29, 0.717) is 17.9 Å². The molecule has 1 aliphatic rings. The first kappa shape index (κ1) is 22.5. The van der Waals surface area contributed by atoms with Gasteiger partial charge < -0.3 is 19.5 Å². The molecule has 0 bridgehead atoms. The predicted octanol–water partition coefficient (Wildman–Crippen LogP) is 4.57. The fourth-order valence-electron chi connectivity index (χ4n) is 3.90. The molecule has 2 heterocycles. The Kier molecular flexibility index (Phi) is 6.46. The van der Waals surface area contributed by atoms with Gasteiger partial charge in [0.25, 0.3) is 11.7 Å². The predicted molar refractivity (Wildman–Crippen MR) is 123 cm³/mol. The summed E-state index contributed by atoms with van der Waals surface area (Å²) in [5, 5.41) is 13.1. The van der Waals surface area contributed by atoms with E-state index in [-0.39, 0.29) is 29.3 Å². The zero-order chi connectivity index (χ0) is 23.5. The van der Waals surface area contributed by atoms with Gasteiger partial charge in [-0.25, -0.2) is 4.39 Å². The van der Waals surface area contributed by atoms with Crippen LogP contribution < -0.4 is 9.47 Å². The van der Waals surface area contributed by atoms with Gasteiger partial charge in [0.05, 0.1) is 31.4 Å². The minimum Gasteiger partial charge on any atom is -0.507 e. The number of carbonyl (C=O) groups is 2. The van der Waals surface area contributed by atoms with Crippen molar-refractivity contribution < 1.29 is 28.6 Å². The molecule has 1 saturated heterocycles. The average molecular weight is 468 g/mol. The number of aliphatic hydroxyl groups is 1. The first-order valence-corrected chi connectivity index (χ1v) is 11.1. The molecule has 1 unspecified atom stereocenters. The van der Waals surface area contributed by atoms with Gasteiger partial charge in [-0.05, 0) is 53.8 Å². The number of hydrogen-bond donors (Lipinski definition) is 1. The SMILES string of the molecule is COc1ccc(OC)c(/C(O)=C2/C(=O)C(=O)N(CCc3ccc(F)cc3)C2c2cccs2)c1. The monoisotopic (exact) mass is 467 g/mol. The van der Waals surface area contributed by atoms with Crippen molar-refractivity contribution in [1.82, 2.24) is 4.90 Å². The molecule has 1 aromatic heterocycles. The van der Waals surface area contributed by atoms with Crippen molar-refractivity contribution in [1.29, 1.82) is 0 Å². The number of ketones is 1. The number of methoxy groups -OCH3 is 2. The van der Waals surface area contributed by atoms with Gasteiger partial charge in [-0.15, -0.1) is 11.3 Å². The van der Waals surface area contributed by atoms with Crippen LogP contribution in [-0.4, -0.2) is 42.5 Å². The number of likely N-dealkylation sites (tertiary alicyclic amines) is 1. The van der Waals surface area contributed by atoms with Crippen molar-refractivity contribution >= 4 is 28.8 Å². The number of halogens is 1. The van der Waals surface area contributed by atoms with Crippen molar-refractivity contribution in [3.8, 4) is 11.5 Å². The summed E-state index contributed by atoms with van der Waals surface area (Å²) in [5.74, 6) is -1.32. The molecule has 0 radical (unpaired) electrons. The molecule has 1 aliphatic heterocycles. The maximum atomic E-state index is 13.2. The van der Waals surface area contributed by atoms with Gasteiger partial charge >= 0.3 is 0 Å². The number of benzene rings is 2. The Morgan fingerprint density at radius 1 is 1.09 bits per heavy atom. The molecule has 33 heavy (non-hydrogen) atoms. The Morgan fingerprint density at radius 3 is 2.48 bits per heavy atom. The number of aliphatic hydroxyl groups excluding tert-OH is 1. The van der Waals surface area contributed by atoms with Gasteiger partial charge in [0.1, 0.15) is 23.1 Å². The number of nitrogens with zero attached hydrogens (tertiary/aromatic N) is 1. The number of amides is 1. The van der Waals surface area contributed by atoms with Crippen LogP contribution in [0, 0.1) is 5.82 Å². The smallest absolute Gasteiger partial charge is 0.295 e. The number of thiophene rings is 1. The minimum absolute atomic E-state index is 0.00638. The molecule has 0 aliphatic carbocycles. The summed E-state index contributed by atoms with van der Waals surface area (Å²) in [4.78, 5) is 28.4. The largest absolute Gasteiger partial charge is 0.507 e. The molecule has 6 nitrogen and oxygen atoms in total. The van der Waals surface area contributed by atoms with Gasteiger partial charge in [-0.1, -0.05) is 18.2 Å². The Balaban J connectivity index is 1.78. The van der Waals surface area contributed by atoms with E-state index < -0.39 is 17.7 Å². The summed E-state index contributed by atoms with van der Waals surface area (Å²) in [7, 11) is 2.95. The van der Waals surface area contributed by atoms with Crippen LogP contribution in [0.15, 0.2) is 65.6 Å². The molecular formula is C25H22FNO5S. The standard InChI is InChI=1S/C25H22FNO5S/c1-31-17-9-10-19(32-2)18(14-17)23(28)21-22(20-4-3-13-33-20)27(25(30)24(21)29)12-11-15-5-7-16(26)8-6-15/h3-10,13-14,22,28H,11-12H2,1-2H3/b23-21-. The third-order valence-electron chi connectivity index (χ3n) is 5.57. The van der Waals surface area contributed by atoms with Crippen LogP contribution in [0.4, 0.5) is 4.39 Å². The zero-order valence-corrected chi connectivity index (χ0v) is 18.9. The van der Waals surface area contributed by atoms with Crippen molar-refractivity contribution in [2.45, 2.75) is 12.5 Å². The highest BCUT2D eigenvalue weighted by Gasteiger charge is 2.46. The van der Waals surface area contributed by atoms with Crippen LogP contribution in [0.5, 0.6) is 11.5 Å². The van der Waals surface area contributed by atoms with E-state index >= 15 is 0 Å². The molecule has 170 valence electrons. The van der Waals surface area contributed by atoms with Crippen LogP contribution in [-0.2, 0) is 16.0 Å². The Hall–Kier alpha value is -3.65. The Labute approximate surface area is 194 Å². The normalized spacial score (nSPS) is 17.4. The molecule has 1 atom stereocenters. The van der Waals surface area contributed by atoms with Crippen LogP contribution in [0.3, 0.4) is 0 Å². The maximum Gasteiger partial charge on any atom is 0.295 e. The van der Waals surface area contributed by atoms with E-state index in [1.165, 1.54) is 42.6 Å². The number of carbonyl (C=O) groups excluding carboxylic acids is 2. The van der Waals surface area contributed by atoms with Gasteiger partial charge in [-0.2, -0.15) is 0 Å². The van der Waals surface area contributed by atoms with E-state index in [9.17, 15) is 19.1 Å². The van der Waals surface area contributed by atoms with Crippen molar-refractivity contribution in [2.75, 3.05) is 20.8 Å². The van der Waals surface area contributed by atoms with Crippen molar-refractivity contribution in [3.05, 3.63) is 87.4 Å². The topological polar surface area (TPSA) is 76.1 Å². The molecule has 4 rings (SSSR count). The second-order valence-corrected chi connectivity index (χ2v) is 8.43. The van der Waals surface area contributed by atoms with Crippen LogP contribution in [0.1, 0.15) is 22.0 Å². The van der Waals surface area contributed by atoms with Crippen LogP contribution in [0.25, 0.3) is 5.76 Å². The molecule has 1 fully saturated rings. The average Bonchev–Trinajstić information content (AvgIpc) is 3.45. The number of hydrogen-bond acceptors (Lipinski definition) is 6. The first-order chi connectivity index (χ1) is 15.9. The molecule has 0 saturated carbocycles. The second-order valence-electron chi connectivity index (χ2n) is 7.45. The van der Waals surface area contributed by atoms with E-state index in [1.54, 1.807) is 30.3 Å². The first-order valence-electron chi connectivity index (χ1n) is 10.2. The lowest BCUT2D eigenvalue weighted by Gasteiger charge is -2.24. The summed E-state index contributed by atoms with van der Waals surface area (Å²) in [6, 6.07) is 13.8. The van der Waals surface area contributed by atoms with E-state index in [1.807, 2.05) is 17.5 Å². The summed E-state index contributed by atoms with van der Waals surface area (Å²) < 4.78 is 23.9. The van der Waals surface area contributed by atoms with Crippen LogP contribution >= 0.6 is 11.3 Å². The minimum atomic E-state index is -0.769. The Morgan fingerprint density at radius 2 is 1.85 bits per heavy atom. The summed E-state index contributed by atoms with van der Waals surface area (Å²) in [6.07, 6.45) is 0.428. The highest BCUT2D eigenvalue weighted by molar-refractivity contribution is 7.10. The summed E-state index contributed by atoms with van der Waals surface area (Å²) in [6.45, 7) is 0.227. The van der Waals surface area contributed by atoms with E-state index in [4.69, 9.17) is 9.47 Å². The molecule has 8 heteroatoms. The van der Waals surface area contributed by atoms with E-state index in [2.05, 4.69) is 0 Å². The van der Waals surface area contributed by atoms with Crippen molar-refractivity contribution in [2.24, 2.45) is 0 Å². The highest BCUT2D eigenvalue weighted by Crippen LogP contribution is 2.42. The number of rotatable bonds is 7. The number of ether oxygens (including phenoxy) is 2. The lowest BCUT2D eigenvalue weighted by Crippen LogP contribution is -2.31. The molecule has 1 N–H and O–H groups in total. The van der Waals surface area contributed by atoms with Gasteiger partial charge in [0.15, 0.2) is 0 Å². The quantitative estimate of drug-likeness (QED) is 0.313. The molecule has 3 aromatic rings. The third-order valence-corrected chi connectivity index (χ3v) is 6.49. The second kappa shape index (κ2) is 9.46. The maximum absolute atomic E-state index is 13.2. The molecule has 2 aromatic carbocycles. The van der Waals surface area contributed by atoms with Gasteiger partial charge in [-0.3, -0.25) is 9.59 Å². The Bertz CT molecular complexity index is 1200. The lowest BCUT2D eigenvalue weighted by atomic mass is 9.99. The summed E-state index contributed by atoms with van der Waals surface area (Å²) in [5.41, 5.74) is 1.08. The fraction of sp³-hybridized carbons (Fsp3) is 0.200. The molecule has 0 spiro atoms. The fourth-order valence-corrected chi connectivity index (χ4v) is 4.74. The molecular weight excluding hydrogens is 445 g/mol. The summed E-state index contributed by atoms with van der Waals surface area (Å²) >= 11 is 1.39. The van der Waals surface area contributed by atoms with Gasteiger partial charge in [0.2, 0.25) is 0 Å². The third kappa shape index (κ3) is 4.34. The van der Waals surface area contributed by atoms with E-state index in [0.717, 1.165) is 10.4 Å².